The second kappa shape index (κ2) is 9.34. The molecule has 1 amide bonds. The molecule has 31 heavy (non-hydrogen) atoms. The van der Waals surface area contributed by atoms with Gasteiger partial charge in [0.1, 0.15) is 5.75 Å². The van der Waals surface area contributed by atoms with Crippen LogP contribution >= 0.6 is 11.8 Å². The van der Waals surface area contributed by atoms with Crippen molar-refractivity contribution in [3.8, 4) is 17.2 Å². The number of aromatic hydroxyl groups is 1. The lowest BCUT2D eigenvalue weighted by molar-refractivity contribution is -0.113. The van der Waals surface area contributed by atoms with E-state index in [1.165, 1.54) is 11.8 Å². The molecule has 0 unspecified atom stereocenters. The molecule has 0 bridgehead atoms. The summed E-state index contributed by atoms with van der Waals surface area (Å²) in [6.07, 6.45) is 1.79. The first-order chi connectivity index (χ1) is 15.1. The lowest BCUT2D eigenvalue weighted by Gasteiger charge is -2.36. The normalized spacial score (nSPS) is 17.8. The number of hydrogen-bond acceptors (Lipinski definition) is 7. The number of hydrogen-bond donors (Lipinski definition) is 1. The van der Waals surface area contributed by atoms with Gasteiger partial charge in [0.05, 0.1) is 18.6 Å². The van der Waals surface area contributed by atoms with Crippen molar-refractivity contribution in [3.05, 3.63) is 52.9 Å². The first kappa shape index (κ1) is 21.1. The van der Waals surface area contributed by atoms with Crippen LogP contribution in [0.1, 0.15) is 12.5 Å². The number of phenols is 1. The molecule has 0 atom stereocenters. The third-order valence-corrected chi connectivity index (χ3v) is 6.22. The number of aliphatic imine (C=N–C) groups is 1. The highest BCUT2D eigenvalue weighted by atomic mass is 32.2. The minimum Gasteiger partial charge on any atom is -0.504 e. The number of nitrogens with zero attached hydrogens (tertiary/aromatic N) is 3. The number of phenolic OH excluding ortho intramolecular Hbond substituents is 1. The highest BCUT2D eigenvalue weighted by molar-refractivity contribution is 8.18. The van der Waals surface area contributed by atoms with Gasteiger partial charge >= 0.3 is 0 Å². The molecule has 1 N–H and O–H groups in total. The lowest BCUT2D eigenvalue weighted by Crippen LogP contribution is -2.47. The van der Waals surface area contributed by atoms with Gasteiger partial charge in [-0.05, 0) is 66.7 Å². The number of rotatable bonds is 5. The van der Waals surface area contributed by atoms with E-state index in [9.17, 15) is 9.90 Å². The topological polar surface area (TPSA) is 74.6 Å². The molecule has 0 aliphatic carbocycles. The van der Waals surface area contributed by atoms with Crippen molar-refractivity contribution in [1.82, 2.24) is 4.90 Å². The van der Waals surface area contributed by atoms with Gasteiger partial charge in [-0.2, -0.15) is 4.99 Å². The first-order valence-corrected chi connectivity index (χ1v) is 11.0. The molecular formula is C23H25N3O4S. The van der Waals surface area contributed by atoms with Gasteiger partial charge in [-0.25, -0.2) is 0 Å². The predicted molar refractivity (Wildman–Crippen MR) is 124 cm³/mol. The highest BCUT2D eigenvalue weighted by Gasteiger charge is 2.28. The molecule has 4 rings (SSSR count). The van der Waals surface area contributed by atoms with E-state index in [1.807, 2.05) is 19.1 Å². The molecule has 7 nitrogen and oxygen atoms in total. The zero-order chi connectivity index (χ0) is 21.8. The fraction of sp³-hybridized carbons (Fsp3) is 0.304. The summed E-state index contributed by atoms with van der Waals surface area (Å²) in [5, 5.41) is 10.6. The maximum Gasteiger partial charge on any atom is 0.286 e. The highest BCUT2D eigenvalue weighted by Crippen LogP contribution is 2.33. The number of methoxy groups -OCH3 is 1. The zero-order valence-corrected chi connectivity index (χ0v) is 18.4. The van der Waals surface area contributed by atoms with E-state index in [0.717, 1.165) is 48.3 Å². The molecule has 0 spiro atoms. The molecule has 2 aliphatic heterocycles. The SMILES string of the molecule is CCOc1cc(/C=C2\SC(N3CCN(c4ccc(OC)cc4)CC3)=NC2=O)ccc1O. The summed E-state index contributed by atoms with van der Waals surface area (Å²) in [5.74, 6) is 1.10. The average Bonchev–Trinajstić information content (AvgIpc) is 3.16. The van der Waals surface area contributed by atoms with Crippen LogP contribution in [0.2, 0.25) is 0 Å². The zero-order valence-electron chi connectivity index (χ0n) is 17.6. The molecule has 8 heteroatoms. The summed E-state index contributed by atoms with van der Waals surface area (Å²) in [5.41, 5.74) is 1.95. The van der Waals surface area contributed by atoms with Gasteiger partial charge in [0.15, 0.2) is 16.7 Å². The van der Waals surface area contributed by atoms with Crippen molar-refractivity contribution in [2.24, 2.45) is 4.99 Å². The number of amidine groups is 1. The molecule has 162 valence electrons. The second-order valence-corrected chi connectivity index (χ2v) is 8.15. The Hall–Kier alpha value is -3.13. The monoisotopic (exact) mass is 439 g/mol. The van der Waals surface area contributed by atoms with E-state index < -0.39 is 0 Å². The average molecular weight is 440 g/mol. The minimum absolute atomic E-state index is 0.0843. The van der Waals surface area contributed by atoms with Gasteiger partial charge in [-0.1, -0.05) is 6.07 Å². The van der Waals surface area contributed by atoms with Crippen LogP contribution in [0.25, 0.3) is 6.08 Å². The number of amides is 1. The molecule has 1 fully saturated rings. The summed E-state index contributed by atoms with van der Waals surface area (Å²) < 4.78 is 10.7. The molecule has 1 saturated heterocycles. The van der Waals surface area contributed by atoms with Crippen molar-refractivity contribution in [2.45, 2.75) is 6.92 Å². The second-order valence-electron chi connectivity index (χ2n) is 7.14. The Kier molecular flexibility index (Phi) is 6.36. The number of carbonyl (C=O) groups is 1. The van der Waals surface area contributed by atoms with E-state index in [2.05, 4.69) is 26.9 Å². The molecule has 0 radical (unpaired) electrons. The Bertz CT molecular complexity index is 1010. The van der Waals surface area contributed by atoms with Crippen LogP contribution in [-0.4, -0.2) is 61.0 Å². The molecule has 2 aliphatic rings. The van der Waals surface area contributed by atoms with Crippen LogP contribution in [0, 0.1) is 0 Å². The van der Waals surface area contributed by atoms with Crippen LogP contribution in [0.4, 0.5) is 5.69 Å². The summed E-state index contributed by atoms with van der Waals surface area (Å²) in [7, 11) is 1.66. The van der Waals surface area contributed by atoms with E-state index >= 15 is 0 Å². The molecule has 0 aromatic heterocycles. The largest absolute Gasteiger partial charge is 0.504 e. The number of ether oxygens (including phenoxy) is 2. The summed E-state index contributed by atoms with van der Waals surface area (Å²) in [6, 6.07) is 13.1. The van der Waals surface area contributed by atoms with Crippen LogP contribution < -0.4 is 14.4 Å². The van der Waals surface area contributed by atoms with Gasteiger partial charge in [-0.3, -0.25) is 4.79 Å². The van der Waals surface area contributed by atoms with Crippen molar-refractivity contribution in [2.75, 3.05) is 44.8 Å². The lowest BCUT2D eigenvalue weighted by atomic mass is 10.2. The quantitative estimate of drug-likeness (QED) is 0.714. The van der Waals surface area contributed by atoms with Gasteiger partial charge in [0.2, 0.25) is 0 Å². The van der Waals surface area contributed by atoms with Gasteiger partial charge in [0.25, 0.3) is 5.91 Å². The van der Waals surface area contributed by atoms with E-state index in [4.69, 9.17) is 9.47 Å². The van der Waals surface area contributed by atoms with Crippen molar-refractivity contribution < 1.29 is 19.4 Å². The maximum absolute atomic E-state index is 12.4. The van der Waals surface area contributed by atoms with Crippen LogP contribution in [0.3, 0.4) is 0 Å². The fourth-order valence-electron chi connectivity index (χ4n) is 3.53. The van der Waals surface area contributed by atoms with E-state index in [1.54, 1.807) is 31.4 Å². The summed E-state index contributed by atoms with van der Waals surface area (Å²) in [4.78, 5) is 21.8. The Morgan fingerprint density at radius 1 is 1.10 bits per heavy atom. The number of anilines is 1. The minimum atomic E-state index is -0.233. The molecule has 2 heterocycles. The number of benzene rings is 2. The van der Waals surface area contributed by atoms with Gasteiger partial charge in [-0.15, -0.1) is 0 Å². The van der Waals surface area contributed by atoms with Crippen molar-refractivity contribution in [3.63, 3.8) is 0 Å². The third-order valence-electron chi connectivity index (χ3n) is 5.18. The first-order valence-electron chi connectivity index (χ1n) is 10.2. The summed E-state index contributed by atoms with van der Waals surface area (Å²) >= 11 is 1.39. The smallest absolute Gasteiger partial charge is 0.286 e. The van der Waals surface area contributed by atoms with E-state index in [-0.39, 0.29) is 11.7 Å². The molecule has 2 aromatic rings. The van der Waals surface area contributed by atoms with Crippen molar-refractivity contribution >= 4 is 34.6 Å². The van der Waals surface area contributed by atoms with Crippen LogP contribution in [0.5, 0.6) is 17.2 Å². The Morgan fingerprint density at radius 3 is 2.48 bits per heavy atom. The maximum atomic E-state index is 12.4. The molecule has 0 saturated carbocycles. The third kappa shape index (κ3) is 4.80. The number of thioether (sulfide) groups is 1. The predicted octanol–water partition coefficient (Wildman–Crippen LogP) is 3.59. The van der Waals surface area contributed by atoms with Crippen LogP contribution in [0.15, 0.2) is 52.4 Å². The standard InChI is InChI=1S/C23H25N3O4S/c1-3-30-20-14-16(4-9-19(20)27)15-21-22(28)24-23(31-21)26-12-10-25(11-13-26)17-5-7-18(29-2)8-6-17/h4-9,14-15,27H,3,10-13H2,1-2H3/b21-15-. The van der Waals surface area contributed by atoms with E-state index in [0.29, 0.717) is 17.3 Å². The number of piperazine rings is 1. The fourth-order valence-corrected chi connectivity index (χ4v) is 4.49. The Labute approximate surface area is 186 Å². The number of carbonyl (C=O) groups excluding carboxylic acids is 1. The Morgan fingerprint density at radius 2 is 1.81 bits per heavy atom. The summed E-state index contributed by atoms with van der Waals surface area (Å²) in [6.45, 7) is 5.62. The molecular weight excluding hydrogens is 414 g/mol. The Balaban J connectivity index is 1.39. The van der Waals surface area contributed by atoms with Crippen LogP contribution in [-0.2, 0) is 4.79 Å². The van der Waals surface area contributed by atoms with Gasteiger partial charge in [0, 0.05) is 31.9 Å². The van der Waals surface area contributed by atoms with Gasteiger partial charge < -0.3 is 24.4 Å². The van der Waals surface area contributed by atoms with Crippen molar-refractivity contribution in [1.29, 1.82) is 0 Å². The molecule has 2 aromatic carbocycles.